The fourth-order valence-corrected chi connectivity index (χ4v) is 5.10. The van der Waals surface area contributed by atoms with Gasteiger partial charge < -0.3 is 5.32 Å². The minimum Gasteiger partial charge on any atom is -0.386 e. The van der Waals surface area contributed by atoms with Crippen molar-refractivity contribution in [2.24, 2.45) is 0 Å². The lowest BCUT2D eigenvalue weighted by Gasteiger charge is -2.33. The van der Waals surface area contributed by atoms with E-state index in [-0.39, 0.29) is 28.9 Å². The maximum Gasteiger partial charge on any atom is 0.257 e. The summed E-state index contributed by atoms with van der Waals surface area (Å²) in [5.74, 6) is -1.04. The quantitative estimate of drug-likeness (QED) is 0.381. The van der Waals surface area contributed by atoms with Gasteiger partial charge in [-0.15, -0.1) is 0 Å². The SMILES string of the molecule is CNc1cc(=O)n(-c2ccnc(C)c2/C=C(\C)C(C)N2CC=C(c3c(C)cc(C(C)=O)cc3F)CC2)cc1F. The highest BCUT2D eigenvalue weighted by atomic mass is 19.1. The highest BCUT2D eigenvalue weighted by molar-refractivity contribution is 5.94. The third kappa shape index (κ3) is 5.76. The fraction of sp³-hybridized carbons (Fsp3) is 0.323. The molecule has 39 heavy (non-hydrogen) atoms. The molecule has 2 aromatic heterocycles. The van der Waals surface area contributed by atoms with Crippen LogP contribution in [0.25, 0.3) is 17.3 Å². The number of rotatable bonds is 7. The number of halogens is 2. The van der Waals surface area contributed by atoms with E-state index in [1.165, 1.54) is 29.8 Å². The van der Waals surface area contributed by atoms with E-state index >= 15 is 0 Å². The molecule has 1 atom stereocenters. The normalized spacial score (nSPS) is 15.2. The monoisotopic (exact) mass is 532 g/mol. The molecule has 1 unspecified atom stereocenters. The molecule has 1 aromatic carbocycles. The summed E-state index contributed by atoms with van der Waals surface area (Å²) in [4.78, 5) is 31.2. The van der Waals surface area contributed by atoms with Crippen LogP contribution in [0.5, 0.6) is 0 Å². The topological polar surface area (TPSA) is 67.2 Å². The zero-order valence-electron chi connectivity index (χ0n) is 23.2. The molecule has 6 nitrogen and oxygen atoms in total. The predicted octanol–water partition coefficient (Wildman–Crippen LogP) is 5.95. The number of benzene rings is 1. The average molecular weight is 533 g/mol. The number of carbonyl (C=O) groups is 1. The van der Waals surface area contributed by atoms with Gasteiger partial charge in [-0.1, -0.05) is 17.7 Å². The number of hydrogen-bond acceptors (Lipinski definition) is 5. The van der Waals surface area contributed by atoms with Crippen LogP contribution in [0.3, 0.4) is 0 Å². The van der Waals surface area contributed by atoms with Crippen molar-refractivity contribution >= 4 is 23.1 Å². The Hall–Kier alpha value is -3.91. The lowest BCUT2D eigenvalue weighted by atomic mass is 9.92. The van der Waals surface area contributed by atoms with Crippen LogP contribution in [0, 0.1) is 25.5 Å². The number of aromatic nitrogens is 2. The summed E-state index contributed by atoms with van der Waals surface area (Å²) < 4.78 is 30.8. The van der Waals surface area contributed by atoms with E-state index < -0.39 is 5.82 Å². The number of Topliss-reactive ketones (excluding diaryl/α,β-unsaturated/α-hetero) is 1. The number of pyridine rings is 2. The Morgan fingerprint density at radius 2 is 1.90 bits per heavy atom. The number of hydrogen-bond donors (Lipinski definition) is 1. The Morgan fingerprint density at radius 1 is 1.15 bits per heavy atom. The van der Waals surface area contributed by atoms with Crippen LogP contribution in [0.1, 0.15) is 59.9 Å². The maximum atomic E-state index is 14.9. The van der Waals surface area contributed by atoms with Crippen molar-refractivity contribution in [3.05, 3.63) is 98.2 Å². The standard InChI is InChI=1S/C31H34F2N4O2/c1-18(14-25-20(3)35-10-7-29(25)37-17-27(33)28(34-6)16-30(37)39)21(4)36-11-8-23(9-12-36)31-19(2)13-24(22(5)38)15-26(31)32/h7-8,10,13-17,21,34H,9,11-12H2,1-6H3/b18-14+. The second kappa shape index (κ2) is 11.5. The number of anilines is 1. The van der Waals surface area contributed by atoms with Crippen LogP contribution in [-0.4, -0.2) is 46.4 Å². The van der Waals surface area contributed by atoms with Crippen molar-refractivity contribution < 1.29 is 13.6 Å². The molecular formula is C31H34F2N4O2. The molecule has 0 spiro atoms. The lowest BCUT2D eigenvalue weighted by molar-refractivity contribution is 0.101. The summed E-state index contributed by atoms with van der Waals surface area (Å²) in [6.07, 6.45) is 7.54. The van der Waals surface area contributed by atoms with Gasteiger partial charge in [0.1, 0.15) is 5.82 Å². The van der Waals surface area contributed by atoms with Crippen molar-refractivity contribution in [1.29, 1.82) is 0 Å². The molecule has 3 aromatic rings. The first-order valence-corrected chi connectivity index (χ1v) is 13.0. The van der Waals surface area contributed by atoms with Gasteiger partial charge in [0.25, 0.3) is 5.56 Å². The molecule has 0 radical (unpaired) electrons. The second-order valence-electron chi connectivity index (χ2n) is 10.1. The minimum absolute atomic E-state index is 0.0569. The van der Waals surface area contributed by atoms with Gasteiger partial charge in [-0.25, -0.2) is 8.78 Å². The largest absolute Gasteiger partial charge is 0.386 e. The summed E-state index contributed by atoms with van der Waals surface area (Å²) in [6.45, 7) is 10.7. The van der Waals surface area contributed by atoms with Crippen LogP contribution < -0.4 is 10.9 Å². The van der Waals surface area contributed by atoms with E-state index in [4.69, 9.17) is 0 Å². The summed E-state index contributed by atoms with van der Waals surface area (Å²) >= 11 is 0. The van der Waals surface area contributed by atoms with Crippen molar-refractivity contribution in [3.63, 3.8) is 0 Å². The van der Waals surface area contributed by atoms with Crippen LogP contribution in [0.4, 0.5) is 14.5 Å². The summed E-state index contributed by atoms with van der Waals surface area (Å²) in [6, 6.07) is 6.08. The first-order chi connectivity index (χ1) is 18.5. The van der Waals surface area contributed by atoms with Gasteiger partial charge in [-0.2, -0.15) is 0 Å². The predicted molar refractivity (Wildman–Crippen MR) is 152 cm³/mol. The third-order valence-electron chi connectivity index (χ3n) is 7.53. The first-order valence-electron chi connectivity index (χ1n) is 13.0. The molecule has 1 N–H and O–H groups in total. The van der Waals surface area contributed by atoms with Gasteiger partial charge in [-0.05, 0) is 70.4 Å². The van der Waals surface area contributed by atoms with Crippen LogP contribution in [0.15, 0.2) is 53.1 Å². The molecule has 0 saturated carbocycles. The molecule has 0 aliphatic carbocycles. The number of ketones is 1. The zero-order valence-corrected chi connectivity index (χ0v) is 23.2. The van der Waals surface area contributed by atoms with Crippen LogP contribution in [-0.2, 0) is 0 Å². The van der Waals surface area contributed by atoms with Crippen molar-refractivity contribution in [3.8, 4) is 5.69 Å². The number of nitrogens with zero attached hydrogens (tertiary/aromatic N) is 3. The molecule has 3 heterocycles. The fourth-order valence-electron chi connectivity index (χ4n) is 5.10. The van der Waals surface area contributed by atoms with Gasteiger partial charge in [0.05, 0.1) is 17.6 Å². The Morgan fingerprint density at radius 3 is 2.51 bits per heavy atom. The second-order valence-corrected chi connectivity index (χ2v) is 10.1. The van der Waals surface area contributed by atoms with E-state index in [0.717, 1.165) is 34.5 Å². The molecule has 4 rings (SSSR count). The molecule has 0 fully saturated rings. The van der Waals surface area contributed by atoms with Crippen LogP contribution >= 0.6 is 0 Å². The van der Waals surface area contributed by atoms with E-state index in [1.54, 1.807) is 25.4 Å². The van der Waals surface area contributed by atoms with E-state index in [9.17, 15) is 18.4 Å². The van der Waals surface area contributed by atoms with Crippen LogP contribution in [0.2, 0.25) is 0 Å². The highest BCUT2D eigenvalue weighted by Crippen LogP contribution is 2.31. The van der Waals surface area contributed by atoms with Crippen molar-refractivity contribution in [2.45, 2.75) is 47.1 Å². The Balaban J connectivity index is 1.61. The van der Waals surface area contributed by atoms with E-state index in [2.05, 4.69) is 28.2 Å². The molecule has 0 amide bonds. The molecule has 0 saturated heterocycles. The Bertz CT molecular complexity index is 1530. The minimum atomic E-state index is -0.523. The lowest BCUT2D eigenvalue weighted by Crippen LogP contribution is -2.37. The van der Waals surface area contributed by atoms with E-state index in [0.29, 0.717) is 29.8 Å². The summed E-state index contributed by atoms with van der Waals surface area (Å²) in [7, 11) is 1.57. The molecule has 8 heteroatoms. The molecular weight excluding hydrogens is 498 g/mol. The first kappa shape index (κ1) is 28.1. The van der Waals surface area contributed by atoms with Crippen molar-refractivity contribution in [2.75, 3.05) is 25.5 Å². The van der Waals surface area contributed by atoms with Gasteiger partial charge in [0, 0.05) is 60.8 Å². The van der Waals surface area contributed by atoms with E-state index in [1.807, 2.05) is 26.8 Å². The van der Waals surface area contributed by atoms with Crippen molar-refractivity contribution in [1.82, 2.24) is 14.5 Å². The maximum absolute atomic E-state index is 14.9. The number of carbonyl (C=O) groups excluding carboxylic acids is 1. The van der Waals surface area contributed by atoms with Gasteiger partial charge in [-0.3, -0.25) is 24.0 Å². The molecule has 204 valence electrons. The molecule has 0 bridgehead atoms. The average Bonchev–Trinajstić information content (AvgIpc) is 2.90. The van der Waals surface area contributed by atoms with Gasteiger partial charge in [0.2, 0.25) is 0 Å². The molecule has 1 aliphatic rings. The van der Waals surface area contributed by atoms with Gasteiger partial charge in [0.15, 0.2) is 11.6 Å². The zero-order chi connectivity index (χ0) is 28.4. The summed E-state index contributed by atoms with van der Waals surface area (Å²) in [5, 5.41) is 2.69. The number of nitrogens with one attached hydrogen (secondary N) is 1. The Kier molecular flexibility index (Phi) is 8.25. The smallest absolute Gasteiger partial charge is 0.257 e. The highest BCUT2D eigenvalue weighted by Gasteiger charge is 2.23. The third-order valence-corrected chi connectivity index (χ3v) is 7.53. The Labute approximate surface area is 227 Å². The number of aryl methyl sites for hydroxylation is 2. The van der Waals surface area contributed by atoms with Gasteiger partial charge >= 0.3 is 0 Å². The molecule has 1 aliphatic heterocycles. The summed E-state index contributed by atoms with van der Waals surface area (Å²) in [5.41, 5.74) is 5.55.